The Morgan fingerprint density at radius 2 is 2.16 bits per heavy atom. The highest BCUT2D eigenvalue weighted by molar-refractivity contribution is 5.38. The van der Waals surface area contributed by atoms with E-state index in [4.69, 9.17) is 14.2 Å². The van der Waals surface area contributed by atoms with E-state index < -0.39 is 0 Å². The Balaban J connectivity index is 0.000000148. The van der Waals surface area contributed by atoms with Crippen LogP contribution in [0.2, 0.25) is 0 Å². The SMILES string of the molecule is CC1COCOC1C.CCCCOc1cc2ccc1=2. The summed E-state index contributed by atoms with van der Waals surface area (Å²) >= 11 is 0. The first-order valence-corrected chi connectivity index (χ1v) is 7.19. The van der Waals surface area contributed by atoms with Gasteiger partial charge >= 0.3 is 0 Å². The molecule has 0 amide bonds. The molecule has 0 radical (unpaired) electrons. The van der Waals surface area contributed by atoms with Crippen LogP contribution in [-0.2, 0) is 9.47 Å². The first-order valence-electron chi connectivity index (χ1n) is 7.19. The van der Waals surface area contributed by atoms with Gasteiger partial charge in [-0.1, -0.05) is 32.4 Å². The Hall–Kier alpha value is -1.06. The van der Waals surface area contributed by atoms with E-state index in [2.05, 4.69) is 39.0 Å². The zero-order valence-corrected chi connectivity index (χ0v) is 12.1. The molecule has 3 nitrogen and oxygen atoms in total. The molecular formula is C16H24O3. The normalized spacial score (nSPS) is 23.3. The number of unbranched alkanes of at least 4 members (excludes halogenated alkanes) is 1. The summed E-state index contributed by atoms with van der Waals surface area (Å²) in [6.45, 7) is 8.57. The summed E-state index contributed by atoms with van der Waals surface area (Å²) in [5, 5.41) is 2.68. The van der Waals surface area contributed by atoms with E-state index in [1.165, 1.54) is 16.9 Å². The Morgan fingerprint density at radius 3 is 2.58 bits per heavy atom. The lowest BCUT2D eigenvalue weighted by molar-refractivity contribution is -0.159. The maximum absolute atomic E-state index is 5.50. The monoisotopic (exact) mass is 264 g/mol. The molecule has 0 aromatic carbocycles. The summed E-state index contributed by atoms with van der Waals surface area (Å²) in [5.74, 6) is 1.65. The molecule has 1 saturated heterocycles. The third-order valence-corrected chi connectivity index (χ3v) is 3.64. The third-order valence-electron chi connectivity index (χ3n) is 3.64. The number of rotatable bonds is 4. The summed E-state index contributed by atoms with van der Waals surface area (Å²) in [4.78, 5) is 0. The van der Waals surface area contributed by atoms with Gasteiger partial charge in [0.1, 0.15) is 12.5 Å². The maximum atomic E-state index is 5.50. The predicted octanol–water partition coefficient (Wildman–Crippen LogP) is 3.48. The quantitative estimate of drug-likeness (QED) is 0.791. The second kappa shape index (κ2) is 6.92. The van der Waals surface area contributed by atoms with Crippen molar-refractivity contribution in [3.05, 3.63) is 28.6 Å². The van der Waals surface area contributed by atoms with Gasteiger partial charge in [-0.2, -0.15) is 0 Å². The van der Waals surface area contributed by atoms with E-state index >= 15 is 0 Å². The van der Waals surface area contributed by atoms with Crippen molar-refractivity contribution in [2.24, 2.45) is 5.92 Å². The summed E-state index contributed by atoms with van der Waals surface area (Å²) < 4.78 is 15.7. The molecule has 0 bridgehead atoms. The lowest BCUT2D eigenvalue weighted by atomic mass is 10.1. The van der Waals surface area contributed by atoms with Crippen LogP contribution in [0.25, 0.3) is 0 Å². The van der Waals surface area contributed by atoms with Crippen molar-refractivity contribution in [3.8, 4) is 5.75 Å². The number of ether oxygens (including phenoxy) is 3. The fraction of sp³-hybridized carbons (Fsp3) is 0.625. The van der Waals surface area contributed by atoms with Crippen molar-refractivity contribution in [1.29, 1.82) is 0 Å². The number of hydrogen-bond donors (Lipinski definition) is 0. The molecular weight excluding hydrogens is 240 g/mol. The predicted molar refractivity (Wildman–Crippen MR) is 75.0 cm³/mol. The zero-order chi connectivity index (χ0) is 13.7. The van der Waals surface area contributed by atoms with Gasteiger partial charge in [0.2, 0.25) is 0 Å². The molecule has 19 heavy (non-hydrogen) atoms. The Morgan fingerprint density at radius 1 is 1.32 bits per heavy atom. The van der Waals surface area contributed by atoms with Gasteiger partial charge < -0.3 is 14.2 Å². The van der Waals surface area contributed by atoms with Crippen molar-refractivity contribution in [2.45, 2.75) is 39.7 Å². The van der Waals surface area contributed by atoms with Crippen LogP contribution < -0.4 is 4.74 Å². The first kappa shape index (κ1) is 14.4. The van der Waals surface area contributed by atoms with Crippen LogP contribution in [0.5, 0.6) is 5.75 Å². The van der Waals surface area contributed by atoms with Crippen LogP contribution >= 0.6 is 0 Å². The lowest BCUT2D eigenvalue weighted by Gasteiger charge is -2.25. The summed E-state index contributed by atoms with van der Waals surface area (Å²) in [7, 11) is 0. The molecule has 106 valence electrons. The Labute approximate surface area is 115 Å². The van der Waals surface area contributed by atoms with Crippen molar-refractivity contribution in [2.75, 3.05) is 20.0 Å². The highest BCUT2D eigenvalue weighted by Gasteiger charge is 2.16. The summed E-state index contributed by atoms with van der Waals surface area (Å²) in [5.41, 5.74) is 0. The van der Waals surface area contributed by atoms with E-state index in [0.29, 0.717) is 18.8 Å². The Bertz CT molecular complexity index is 473. The van der Waals surface area contributed by atoms with Crippen LogP contribution in [0.3, 0.4) is 0 Å². The van der Waals surface area contributed by atoms with E-state index in [-0.39, 0.29) is 0 Å². The molecule has 3 rings (SSSR count). The maximum Gasteiger partial charge on any atom is 0.147 e. The van der Waals surface area contributed by atoms with Crippen LogP contribution in [0.1, 0.15) is 33.6 Å². The standard InChI is InChI=1S/C10H12O.C6H12O2/c1-2-3-6-11-10-7-8-4-5-9(8)10;1-5-3-7-4-8-6(5)2/h4-5,7H,2-3,6H2,1H3;5-6H,3-4H2,1-2H3. The van der Waals surface area contributed by atoms with Crippen molar-refractivity contribution < 1.29 is 14.2 Å². The van der Waals surface area contributed by atoms with Crippen LogP contribution in [0.15, 0.2) is 18.2 Å². The van der Waals surface area contributed by atoms with Crippen molar-refractivity contribution in [1.82, 2.24) is 0 Å². The Kier molecular flexibility index (Phi) is 5.23. The fourth-order valence-corrected chi connectivity index (χ4v) is 1.89. The highest BCUT2D eigenvalue weighted by atomic mass is 16.7. The van der Waals surface area contributed by atoms with Gasteiger partial charge in [0.05, 0.1) is 19.3 Å². The lowest BCUT2D eigenvalue weighted by Crippen LogP contribution is -2.29. The van der Waals surface area contributed by atoms with Crippen LogP contribution in [0.4, 0.5) is 0 Å². The average molecular weight is 264 g/mol. The largest absolute Gasteiger partial charge is 0.493 e. The van der Waals surface area contributed by atoms with Gasteiger partial charge in [-0.3, -0.25) is 0 Å². The van der Waals surface area contributed by atoms with Crippen molar-refractivity contribution >= 4 is 0 Å². The average Bonchev–Trinajstić information content (AvgIpc) is 2.39. The van der Waals surface area contributed by atoms with E-state index in [1.54, 1.807) is 0 Å². The van der Waals surface area contributed by atoms with E-state index in [9.17, 15) is 0 Å². The van der Waals surface area contributed by atoms with Gasteiger partial charge in [0, 0.05) is 11.1 Å². The second-order valence-corrected chi connectivity index (χ2v) is 5.25. The van der Waals surface area contributed by atoms with Gasteiger partial charge in [0.15, 0.2) is 0 Å². The minimum atomic E-state index is 0.378. The summed E-state index contributed by atoms with van der Waals surface area (Å²) in [6.07, 6.45) is 2.74. The van der Waals surface area contributed by atoms with Crippen molar-refractivity contribution in [3.63, 3.8) is 0 Å². The summed E-state index contributed by atoms with van der Waals surface area (Å²) in [6, 6.07) is 6.32. The second-order valence-electron chi connectivity index (χ2n) is 5.25. The molecule has 0 N–H and O–H groups in total. The first-order chi connectivity index (χ1) is 9.22. The van der Waals surface area contributed by atoms with Gasteiger partial charge in [-0.15, -0.1) is 0 Å². The number of benzene rings is 1. The fourth-order valence-electron chi connectivity index (χ4n) is 1.89. The van der Waals surface area contributed by atoms with Gasteiger partial charge in [0.25, 0.3) is 0 Å². The van der Waals surface area contributed by atoms with E-state index in [0.717, 1.165) is 25.4 Å². The molecule has 0 saturated carbocycles. The minimum absolute atomic E-state index is 0.378. The van der Waals surface area contributed by atoms with Crippen LogP contribution in [0, 0.1) is 16.4 Å². The molecule has 1 fully saturated rings. The van der Waals surface area contributed by atoms with E-state index in [1.807, 2.05) is 0 Å². The molecule has 2 atom stereocenters. The number of hydrogen-bond acceptors (Lipinski definition) is 3. The third kappa shape index (κ3) is 3.71. The molecule has 3 heteroatoms. The molecule has 1 heterocycles. The van der Waals surface area contributed by atoms with Gasteiger partial charge in [-0.05, 0) is 24.6 Å². The molecule has 2 aliphatic carbocycles. The highest BCUT2D eigenvalue weighted by Crippen LogP contribution is 2.23. The molecule has 0 spiro atoms. The van der Waals surface area contributed by atoms with Crippen LogP contribution in [-0.4, -0.2) is 26.1 Å². The molecule has 0 aromatic rings. The topological polar surface area (TPSA) is 27.7 Å². The molecule has 0 aromatic heterocycles. The molecule has 3 aliphatic rings. The smallest absolute Gasteiger partial charge is 0.147 e. The molecule has 1 aliphatic heterocycles. The minimum Gasteiger partial charge on any atom is -0.493 e. The molecule has 2 unspecified atom stereocenters. The zero-order valence-electron chi connectivity index (χ0n) is 12.1. The van der Waals surface area contributed by atoms with Gasteiger partial charge in [-0.25, -0.2) is 0 Å².